The van der Waals surface area contributed by atoms with Gasteiger partial charge >= 0.3 is 0 Å². The number of nitrogens with zero attached hydrogens (tertiary/aromatic N) is 2. The van der Waals surface area contributed by atoms with Gasteiger partial charge in [-0.05, 0) is 38.6 Å². The molecule has 0 radical (unpaired) electrons. The smallest absolute Gasteiger partial charge is 0.0951 e. The van der Waals surface area contributed by atoms with Crippen molar-refractivity contribution in [2.24, 2.45) is 0 Å². The lowest BCUT2D eigenvalue weighted by Gasteiger charge is -2.10. The van der Waals surface area contributed by atoms with Crippen LogP contribution in [0.15, 0.2) is 12.5 Å². The summed E-state index contributed by atoms with van der Waals surface area (Å²) < 4.78 is 13.5. The summed E-state index contributed by atoms with van der Waals surface area (Å²) in [5.74, 6) is 0. The minimum atomic E-state index is 0.343. The van der Waals surface area contributed by atoms with Crippen molar-refractivity contribution in [2.45, 2.75) is 50.8 Å². The summed E-state index contributed by atoms with van der Waals surface area (Å²) in [6.07, 6.45) is 10.3. The van der Waals surface area contributed by atoms with Crippen LogP contribution >= 0.6 is 0 Å². The zero-order valence-electron chi connectivity index (χ0n) is 12.1. The molecule has 2 heterocycles. The number of imidazole rings is 1. The number of rotatable bonds is 9. The van der Waals surface area contributed by atoms with Gasteiger partial charge in [-0.3, -0.25) is 0 Å². The molecular formula is C15H25N3O2. The zero-order valence-corrected chi connectivity index (χ0v) is 12.1. The molecular weight excluding hydrogens is 254 g/mol. The Balaban J connectivity index is 1.22. The molecule has 5 nitrogen and oxygen atoms in total. The van der Waals surface area contributed by atoms with E-state index in [2.05, 4.69) is 14.9 Å². The minimum Gasteiger partial charge on any atom is -0.379 e. The van der Waals surface area contributed by atoms with Crippen LogP contribution < -0.4 is 5.32 Å². The number of hydrogen-bond donors (Lipinski definition) is 1. The van der Waals surface area contributed by atoms with Crippen LogP contribution in [0.5, 0.6) is 0 Å². The highest BCUT2D eigenvalue weighted by atomic mass is 16.5. The molecule has 0 bridgehead atoms. The molecule has 112 valence electrons. The molecule has 1 aromatic heterocycles. The van der Waals surface area contributed by atoms with E-state index in [1.54, 1.807) is 0 Å². The van der Waals surface area contributed by atoms with Gasteiger partial charge in [0.1, 0.15) is 0 Å². The second-order valence-electron chi connectivity index (χ2n) is 5.76. The number of nitrogens with one attached hydrogen (secondary N) is 1. The monoisotopic (exact) mass is 279 g/mol. The summed E-state index contributed by atoms with van der Waals surface area (Å²) in [5, 5.41) is 3.47. The van der Waals surface area contributed by atoms with Crippen LogP contribution in [0.1, 0.15) is 43.8 Å². The van der Waals surface area contributed by atoms with Crippen LogP contribution in [0.4, 0.5) is 0 Å². The highest BCUT2D eigenvalue weighted by Gasteiger charge is 2.24. The summed E-state index contributed by atoms with van der Waals surface area (Å²) in [6, 6.07) is 0.712. The van der Waals surface area contributed by atoms with Crippen molar-refractivity contribution in [3.8, 4) is 0 Å². The topological polar surface area (TPSA) is 48.3 Å². The quantitative estimate of drug-likeness (QED) is 0.701. The fourth-order valence-electron chi connectivity index (χ4n) is 2.66. The standard InChI is InChI=1S/C15H25N3O2/c1-3-15(20-8-1)11-19-7-2-6-16-9-14-10-17-12-18(14)13-4-5-13/h10,12-13,15-16H,1-9,11H2. The molecule has 1 unspecified atom stereocenters. The van der Waals surface area contributed by atoms with Gasteiger partial charge < -0.3 is 19.4 Å². The van der Waals surface area contributed by atoms with Crippen LogP contribution in [-0.2, 0) is 16.0 Å². The molecule has 5 heteroatoms. The number of ether oxygens (including phenoxy) is 2. The summed E-state index contributed by atoms with van der Waals surface area (Å²) >= 11 is 0. The largest absolute Gasteiger partial charge is 0.379 e. The van der Waals surface area contributed by atoms with Gasteiger partial charge in [0.15, 0.2) is 0 Å². The van der Waals surface area contributed by atoms with E-state index < -0.39 is 0 Å². The average molecular weight is 279 g/mol. The van der Waals surface area contributed by atoms with Gasteiger partial charge in [-0.2, -0.15) is 0 Å². The lowest BCUT2D eigenvalue weighted by molar-refractivity contribution is 0.0166. The van der Waals surface area contributed by atoms with Gasteiger partial charge in [-0.1, -0.05) is 0 Å². The molecule has 1 aliphatic carbocycles. The van der Waals surface area contributed by atoms with Crippen molar-refractivity contribution in [3.05, 3.63) is 18.2 Å². The molecule has 1 aromatic rings. The Labute approximate surface area is 120 Å². The van der Waals surface area contributed by atoms with Gasteiger partial charge in [0.05, 0.1) is 24.7 Å². The Morgan fingerprint density at radius 3 is 3.15 bits per heavy atom. The number of aromatic nitrogens is 2. The Kier molecular flexibility index (Phi) is 5.06. The maximum absolute atomic E-state index is 5.64. The van der Waals surface area contributed by atoms with E-state index >= 15 is 0 Å². The molecule has 3 rings (SSSR count). The Morgan fingerprint density at radius 1 is 1.40 bits per heavy atom. The highest BCUT2D eigenvalue weighted by Crippen LogP contribution is 2.35. The fraction of sp³-hybridized carbons (Fsp3) is 0.800. The lowest BCUT2D eigenvalue weighted by atomic mass is 10.2. The van der Waals surface area contributed by atoms with Crippen molar-refractivity contribution in [1.82, 2.24) is 14.9 Å². The molecule has 1 atom stereocenters. The first-order chi connectivity index (χ1) is 9.93. The van der Waals surface area contributed by atoms with Gasteiger partial charge in [-0.15, -0.1) is 0 Å². The average Bonchev–Trinajstić information content (AvgIpc) is 2.99. The SMILES string of the molecule is c1ncn(C2CC2)c1CNCCCOCC1CCCO1. The van der Waals surface area contributed by atoms with E-state index in [0.29, 0.717) is 12.1 Å². The zero-order chi connectivity index (χ0) is 13.6. The van der Waals surface area contributed by atoms with Crippen LogP contribution in [0.2, 0.25) is 0 Å². The van der Waals surface area contributed by atoms with E-state index in [-0.39, 0.29) is 0 Å². The van der Waals surface area contributed by atoms with Gasteiger partial charge in [0.2, 0.25) is 0 Å². The van der Waals surface area contributed by atoms with E-state index in [0.717, 1.165) is 45.8 Å². The number of hydrogen-bond acceptors (Lipinski definition) is 4. The summed E-state index contributed by atoms with van der Waals surface area (Å²) in [7, 11) is 0. The van der Waals surface area contributed by atoms with Crippen LogP contribution in [0, 0.1) is 0 Å². The molecule has 0 amide bonds. The van der Waals surface area contributed by atoms with E-state index in [9.17, 15) is 0 Å². The first-order valence-electron chi connectivity index (χ1n) is 7.84. The van der Waals surface area contributed by atoms with Crippen LogP contribution in [0.3, 0.4) is 0 Å². The molecule has 0 aromatic carbocycles. The van der Waals surface area contributed by atoms with Crippen molar-refractivity contribution >= 4 is 0 Å². The van der Waals surface area contributed by atoms with Gasteiger partial charge in [0, 0.05) is 32.0 Å². The van der Waals surface area contributed by atoms with Crippen molar-refractivity contribution in [1.29, 1.82) is 0 Å². The molecule has 1 N–H and O–H groups in total. The molecule has 1 aliphatic heterocycles. The Morgan fingerprint density at radius 2 is 2.35 bits per heavy atom. The summed E-state index contributed by atoms with van der Waals surface area (Å²) in [5.41, 5.74) is 1.30. The van der Waals surface area contributed by atoms with E-state index in [1.165, 1.54) is 25.0 Å². The molecule has 20 heavy (non-hydrogen) atoms. The molecule has 0 spiro atoms. The maximum atomic E-state index is 5.64. The molecule has 1 saturated heterocycles. The lowest BCUT2D eigenvalue weighted by Crippen LogP contribution is -2.20. The Hall–Kier alpha value is -0.910. The predicted octanol–water partition coefficient (Wildman–Crippen LogP) is 1.89. The van der Waals surface area contributed by atoms with Gasteiger partial charge in [0.25, 0.3) is 0 Å². The van der Waals surface area contributed by atoms with Crippen molar-refractivity contribution in [3.63, 3.8) is 0 Å². The third-order valence-electron chi connectivity index (χ3n) is 3.96. The highest BCUT2D eigenvalue weighted by molar-refractivity contribution is 5.03. The molecule has 1 saturated carbocycles. The Bertz CT molecular complexity index is 398. The second-order valence-corrected chi connectivity index (χ2v) is 5.76. The fourth-order valence-corrected chi connectivity index (χ4v) is 2.66. The van der Waals surface area contributed by atoms with Crippen molar-refractivity contribution in [2.75, 3.05) is 26.4 Å². The third kappa shape index (κ3) is 4.04. The first-order valence-corrected chi connectivity index (χ1v) is 7.84. The van der Waals surface area contributed by atoms with Crippen LogP contribution in [-0.4, -0.2) is 42.0 Å². The molecule has 2 fully saturated rings. The normalized spacial score (nSPS) is 22.5. The van der Waals surface area contributed by atoms with Crippen LogP contribution in [0.25, 0.3) is 0 Å². The van der Waals surface area contributed by atoms with Crippen molar-refractivity contribution < 1.29 is 9.47 Å². The van der Waals surface area contributed by atoms with E-state index in [1.807, 2.05) is 12.5 Å². The summed E-state index contributed by atoms with van der Waals surface area (Å²) in [4.78, 5) is 4.24. The maximum Gasteiger partial charge on any atom is 0.0951 e. The predicted molar refractivity (Wildman–Crippen MR) is 76.6 cm³/mol. The minimum absolute atomic E-state index is 0.343. The third-order valence-corrected chi connectivity index (χ3v) is 3.96. The van der Waals surface area contributed by atoms with Gasteiger partial charge in [-0.25, -0.2) is 4.98 Å². The second kappa shape index (κ2) is 7.20. The summed E-state index contributed by atoms with van der Waals surface area (Å²) in [6.45, 7) is 4.37. The van der Waals surface area contributed by atoms with E-state index in [4.69, 9.17) is 9.47 Å². The first kappa shape index (κ1) is 14.0. The molecule has 2 aliphatic rings.